The van der Waals surface area contributed by atoms with Gasteiger partial charge in [-0.25, -0.2) is 5.14 Å². The van der Waals surface area contributed by atoms with E-state index in [1.54, 1.807) is 0 Å². The minimum atomic E-state index is -3.71. The Labute approximate surface area is 135 Å². The lowest BCUT2D eigenvalue weighted by atomic mass is 9.87. The van der Waals surface area contributed by atoms with Crippen molar-refractivity contribution in [3.05, 3.63) is 0 Å². The number of hydrogen-bond donors (Lipinski definition) is 1. The Morgan fingerprint density at radius 2 is 1.33 bits per heavy atom. The van der Waals surface area contributed by atoms with Gasteiger partial charge in [-0.15, -0.1) is 0 Å². The van der Waals surface area contributed by atoms with Gasteiger partial charge in [-0.2, -0.15) is 12.7 Å². The standard InChI is InChI=1S/C12H29N3O2S.3CH4/c1-10(11(2,3)4)14(8)9-15(12(5,6)7)18(13,16)17;;;/h10H,9H2,1-8H3,(H2,13,16,17);3*1H4. The minimum absolute atomic E-state index is 0. The van der Waals surface area contributed by atoms with Crippen LogP contribution in [-0.2, 0) is 10.2 Å². The normalized spacial score (nSPS) is 14.0. The molecular formula is C15H41N3O2S. The van der Waals surface area contributed by atoms with Crippen molar-refractivity contribution >= 4 is 10.2 Å². The molecule has 0 aliphatic heterocycles. The van der Waals surface area contributed by atoms with Crippen LogP contribution >= 0.6 is 0 Å². The number of rotatable bonds is 4. The zero-order chi connectivity index (χ0) is 14.9. The van der Waals surface area contributed by atoms with Crippen LogP contribution in [-0.4, -0.2) is 42.9 Å². The molecule has 0 amide bonds. The summed E-state index contributed by atoms with van der Waals surface area (Å²) in [7, 11) is -1.79. The lowest BCUT2D eigenvalue weighted by Gasteiger charge is -2.41. The Kier molecular flexibility index (Phi) is 12.5. The molecule has 2 N–H and O–H groups in total. The van der Waals surface area contributed by atoms with Crippen LogP contribution in [0.5, 0.6) is 0 Å². The molecule has 0 bridgehead atoms. The fourth-order valence-corrected chi connectivity index (χ4v) is 2.77. The molecule has 0 fully saturated rings. The zero-order valence-corrected chi connectivity index (χ0v) is 13.8. The van der Waals surface area contributed by atoms with Gasteiger partial charge >= 0.3 is 0 Å². The molecule has 0 aromatic rings. The summed E-state index contributed by atoms with van der Waals surface area (Å²) in [5.74, 6) is 0. The topological polar surface area (TPSA) is 66.6 Å². The van der Waals surface area contributed by atoms with Gasteiger partial charge in [0.1, 0.15) is 0 Å². The van der Waals surface area contributed by atoms with E-state index < -0.39 is 15.7 Å². The molecule has 5 nitrogen and oxygen atoms in total. The fourth-order valence-electron chi connectivity index (χ4n) is 1.66. The molecule has 0 aromatic heterocycles. The first-order valence-electron chi connectivity index (χ1n) is 6.18. The van der Waals surface area contributed by atoms with E-state index in [1.807, 2.05) is 32.7 Å². The van der Waals surface area contributed by atoms with E-state index in [9.17, 15) is 8.42 Å². The number of hydrogen-bond acceptors (Lipinski definition) is 3. The molecule has 0 rings (SSSR count). The average Bonchev–Trinajstić information content (AvgIpc) is 2.07. The largest absolute Gasteiger partial charge is 0.289 e. The SMILES string of the molecule is C.C.C.CC(N(C)CN(C(C)(C)C)S(N)(=O)=O)C(C)(C)C. The van der Waals surface area contributed by atoms with Crippen LogP contribution < -0.4 is 5.14 Å². The molecule has 0 aliphatic rings. The van der Waals surface area contributed by atoms with Crippen LogP contribution in [0.25, 0.3) is 0 Å². The summed E-state index contributed by atoms with van der Waals surface area (Å²) in [5.41, 5.74) is -0.448. The Morgan fingerprint density at radius 3 is 1.52 bits per heavy atom. The second-order valence-corrected chi connectivity index (χ2v) is 8.48. The Balaban J connectivity index is -0.000000482. The first-order valence-corrected chi connectivity index (χ1v) is 7.68. The molecule has 134 valence electrons. The second-order valence-electron chi connectivity index (χ2n) is 7.00. The van der Waals surface area contributed by atoms with Crippen molar-refractivity contribution in [2.75, 3.05) is 13.7 Å². The van der Waals surface area contributed by atoms with Gasteiger partial charge in [0, 0.05) is 11.6 Å². The molecule has 21 heavy (non-hydrogen) atoms. The van der Waals surface area contributed by atoms with Crippen LogP contribution in [0.4, 0.5) is 0 Å². The molecule has 6 heteroatoms. The van der Waals surface area contributed by atoms with Crippen molar-refractivity contribution in [1.29, 1.82) is 0 Å². The highest BCUT2D eigenvalue weighted by Gasteiger charge is 2.33. The monoisotopic (exact) mass is 327 g/mol. The van der Waals surface area contributed by atoms with Gasteiger partial charge in [0.2, 0.25) is 0 Å². The van der Waals surface area contributed by atoms with Gasteiger partial charge in [0.15, 0.2) is 0 Å². The van der Waals surface area contributed by atoms with E-state index in [0.717, 1.165) is 0 Å². The predicted molar refractivity (Wildman–Crippen MR) is 96.4 cm³/mol. The quantitative estimate of drug-likeness (QED) is 0.803. The summed E-state index contributed by atoms with van der Waals surface area (Å²) in [5, 5.41) is 5.29. The van der Waals surface area contributed by atoms with Crippen molar-refractivity contribution in [3.8, 4) is 0 Å². The van der Waals surface area contributed by atoms with Gasteiger partial charge < -0.3 is 0 Å². The molecule has 0 aromatic carbocycles. The summed E-state index contributed by atoms with van der Waals surface area (Å²) in [4.78, 5) is 2.01. The maximum absolute atomic E-state index is 11.7. The van der Waals surface area contributed by atoms with Crippen LogP contribution in [0.2, 0.25) is 0 Å². The molecule has 1 unspecified atom stereocenters. The van der Waals surface area contributed by atoms with Gasteiger partial charge in [-0.3, -0.25) is 4.90 Å². The Morgan fingerprint density at radius 1 is 1.00 bits per heavy atom. The summed E-state index contributed by atoms with van der Waals surface area (Å²) in [6.07, 6.45) is 0. The first-order chi connectivity index (χ1) is 7.67. The van der Waals surface area contributed by atoms with E-state index >= 15 is 0 Å². The third kappa shape index (κ3) is 9.45. The lowest BCUT2D eigenvalue weighted by Crippen LogP contribution is -2.55. The lowest BCUT2D eigenvalue weighted by molar-refractivity contribution is 0.0764. The summed E-state index contributed by atoms with van der Waals surface area (Å²) < 4.78 is 24.6. The van der Waals surface area contributed by atoms with Crippen LogP contribution in [0.1, 0.15) is 70.7 Å². The second kappa shape index (κ2) is 9.08. The molecule has 0 saturated heterocycles. The highest BCUT2D eigenvalue weighted by Crippen LogP contribution is 2.25. The maximum Gasteiger partial charge on any atom is 0.278 e. The fraction of sp³-hybridized carbons (Fsp3) is 1.00. The van der Waals surface area contributed by atoms with Gasteiger partial charge in [0.05, 0.1) is 6.67 Å². The van der Waals surface area contributed by atoms with E-state index in [1.165, 1.54) is 4.31 Å². The van der Waals surface area contributed by atoms with Crippen LogP contribution in [0.3, 0.4) is 0 Å². The van der Waals surface area contributed by atoms with Crippen molar-refractivity contribution in [3.63, 3.8) is 0 Å². The third-order valence-corrected chi connectivity index (χ3v) is 4.60. The summed E-state index contributed by atoms with van der Waals surface area (Å²) in [6.45, 7) is 14.3. The smallest absolute Gasteiger partial charge is 0.278 e. The van der Waals surface area contributed by atoms with Crippen molar-refractivity contribution < 1.29 is 8.42 Å². The third-order valence-electron chi connectivity index (χ3n) is 3.32. The molecule has 0 aliphatic carbocycles. The Hall–Kier alpha value is -0.170. The minimum Gasteiger partial charge on any atom is -0.289 e. The van der Waals surface area contributed by atoms with Crippen molar-refractivity contribution in [2.45, 2.75) is 82.3 Å². The Bertz CT molecular complexity index is 367. The average molecular weight is 328 g/mol. The van der Waals surface area contributed by atoms with Crippen molar-refractivity contribution in [1.82, 2.24) is 9.21 Å². The predicted octanol–water partition coefficient (Wildman–Crippen LogP) is 3.52. The highest BCUT2D eigenvalue weighted by molar-refractivity contribution is 7.86. The number of nitrogens with two attached hydrogens (primary N) is 1. The maximum atomic E-state index is 11.7. The molecule has 1 atom stereocenters. The van der Waals surface area contributed by atoms with Gasteiger partial charge in [-0.05, 0) is 40.2 Å². The molecule has 0 spiro atoms. The van der Waals surface area contributed by atoms with E-state index in [2.05, 4.69) is 27.7 Å². The molecular weight excluding hydrogens is 286 g/mol. The van der Waals surface area contributed by atoms with Gasteiger partial charge in [-0.1, -0.05) is 43.1 Å². The highest BCUT2D eigenvalue weighted by atomic mass is 32.2. The zero-order valence-electron chi connectivity index (χ0n) is 13.0. The molecule has 0 saturated carbocycles. The molecule has 0 heterocycles. The summed E-state index contributed by atoms with van der Waals surface area (Å²) in [6, 6.07) is 0.240. The van der Waals surface area contributed by atoms with E-state index in [4.69, 9.17) is 5.14 Å². The van der Waals surface area contributed by atoms with Gasteiger partial charge in [0.25, 0.3) is 10.2 Å². The van der Waals surface area contributed by atoms with E-state index in [-0.39, 0.29) is 33.7 Å². The van der Waals surface area contributed by atoms with E-state index in [0.29, 0.717) is 6.67 Å². The first kappa shape index (κ1) is 28.9. The van der Waals surface area contributed by atoms with Crippen LogP contribution in [0.15, 0.2) is 0 Å². The summed E-state index contributed by atoms with van der Waals surface area (Å²) >= 11 is 0. The molecule has 0 radical (unpaired) electrons. The number of nitrogens with zero attached hydrogens (tertiary/aromatic N) is 2. The van der Waals surface area contributed by atoms with Crippen LogP contribution in [0, 0.1) is 5.41 Å². The van der Waals surface area contributed by atoms with Crippen molar-refractivity contribution in [2.24, 2.45) is 10.6 Å².